The number of nitrogens with zero attached hydrogens (tertiary/aromatic N) is 7. The van der Waals surface area contributed by atoms with E-state index in [1.165, 1.54) is 38.2 Å². The molecule has 0 spiro atoms. The van der Waals surface area contributed by atoms with Gasteiger partial charge in [0.2, 0.25) is 11.6 Å². The van der Waals surface area contributed by atoms with Crippen molar-refractivity contribution in [2.75, 3.05) is 43.8 Å². The molecule has 0 bridgehead atoms. The van der Waals surface area contributed by atoms with Gasteiger partial charge in [-0.2, -0.15) is 14.6 Å². The van der Waals surface area contributed by atoms with E-state index in [-0.39, 0.29) is 6.10 Å². The molecule has 0 saturated carbocycles. The minimum absolute atomic E-state index is 0.0147. The molecule has 0 aliphatic carbocycles. The maximum atomic E-state index is 6.13. The minimum atomic E-state index is -0.0147. The van der Waals surface area contributed by atoms with Gasteiger partial charge in [-0.05, 0) is 52.1 Å². The summed E-state index contributed by atoms with van der Waals surface area (Å²) in [6.45, 7) is 12.2. The molecule has 10 nitrogen and oxygen atoms in total. The first-order chi connectivity index (χ1) is 16.6. The number of hydrogen-bond donors (Lipinski definition) is 2. The Balaban J connectivity index is 1.24. The van der Waals surface area contributed by atoms with Crippen molar-refractivity contribution in [3.8, 4) is 17.0 Å². The van der Waals surface area contributed by atoms with Gasteiger partial charge in [0.1, 0.15) is 12.0 Å². The predicted octanol–water partition coefficient (Wildman–Crippen LogP) is 3.17. The molecule has 184 valence electrons. The first-order valence-corrected chi connectivity index (χ1v) is 13.3. The van der Waals surface area contributed by atoms with Crippen molar-refractivity contribution < 1.29 is 4.74 Å². The van der Waals surface area contributed by atoms with Crippen molar-refractivity contribution in [3.05, 3.63) is 18.7 Å². The van der Waals surface area contributed by atoms with Gasteiger partial charge < -0.3 is 15.0 Å². The van der Waals surface area contributed by atoms with Crippen molar-refractivity contribution >= 4 is 23.5 Å². The number of aromatic nitrogens is 6. The first kappa shape index (κ1) is 23.4. The van der Waals surface area contributed by atoms with Crippen LogP contribution in [0.4, 0.5) is 5.95 Å². The molecule has 5 rings (SSSR count). The van der Waals surface area contributed by atoms with Crippen LogP contribution in [0, 0.1) is 5.92 Å². The highest BCUT2D eigenvalue weighted by Crippen LogP contribution is 2.32. The lowest BCUT2D eigenvalue weighted by molar-refractivity contribution is 0.244. The van der Waals surface area contributed by atoms with Crippen LogP contribution in [0.1, 0.15) is 40.0 Å². The van der Waals surface area contributed by atoms with Gasteiger partial charge in [-0.1, -0.05) is 18.9 Å². The van der Waals surface area contributed by atoms with E-state index in [2.05, 4.69) is 41.7 Å². The molecule has 2 atom stereocenters. The van der Waals surface area contributed by atoms with Gasteiger partial charge in [0.25, 0.3) is 0 Å². The van der Waals surface area contributed by atoms with Gasteiger partial charge in [0.15, 0.2) is 5.75 Å². The van der Waals surface area contributed by atoms with Gasteiger partial charge in [-0.15, -0.1) is 5.10 Å². The van der Waals surface area contributed by atoms with E-state index < -0.39 is 0 Å². The molecule has 11 heteroatoms. The van der Waals surface area contributed by atoms with Crippen LogP contribution in [0.5, 0.6) is 5.75 Å². The molecule has 3 aromatic rings. The number of piperidine rings is 1. The maximum Gasteiger partial charge on any atom is 0.243 e. The zero-order chi connectivity index (χ0) is 23.5. The van der Waals surface area contributed by atoms with Crippen LogP contribution in [-0.4, -0.2) is 89.6 Å². The fourth-order valence-corrected chi connectivity index (χ4v) is 5.91. The number of nitrogens with one attached hydrogen (secondary N) is 2. The summed E-state index contributed by atoms with van der Waals surface area (Å²) in [4.78, 5) is 12.0. The Labute approximate surface area is 205 Å². The second-order valence-corrected chi connectivity index (χ2v) is 10.7. The Morgan fingerprint density at radius 1 is 1.26 bits per heavy atom. The molecule has 5 heterocycles. The molecule has 2 aliphatic rings. The van der Waals surface area contributed by atoms with Crippen molar-refractivity contribution in [3.63, 3.8) is 0 Å². The van der Waals surface area contributed by atoms with E-state index in [0.717, 1.165) is 25.1 Å². The van der Waals surface area contributed by atoms with Crippen molar-refractivity contribution in [2.45, 2.75) is 52.2 Å². The standard InChI is InChI=1S/C23H35N9OS/c1-16(2)33-21-20(18-12-25-26-13-18)24-15-32-22(21)28-23(29-32)27-19-6-9-31(14-17(19)3)34-11-10-30-7-4-5-8-30/h12-13,15-17,19H,4-11,14H2,1-3H3,(H,25,26)(H,27,29). The summed E-state index contributed by atoms with van der Waals surface area (Å²) < 4.78 is 10.4. The normalized spacial score (nSPS) is 22.1. The lowest BCUT2D eigenvalue weighted by atomic mass is 9.95. The number of fused-ring (bicyclic) bond motifs is 1. The predicted molar refractivity (Wildman–Crippen MR) is 135 cm³/mol. The molecule has 2 saturated heterocycles. The Morgan fingerprint density at radius 3 is 2.85 bits per heavy atom. The fraction of sp³-hybridized carbons (Fsp3) is 0.652. The van der Waals surface area contributed by atoms with Crippen molar-refractivity contribution in [1.82, 2.24) is 39.0 Å². The van der Waals surface area contributed by atoms with Crippen molar-refractivity contribution in [2.24, 2.45) is 5.92 Å². The van der Waals surface area contributed by atoms with E-state index in [4.69, 9.17) is 9.72 Å². The Kier molecular flexibility index (Phi) is 7.21. The van der Waals surface area contributed by atoms with E-state index in [0.29, 0.717) is 35.0 Å². The summed E-state index contributed by atoms with van der Waals surface area (Å²) in [5.41, 5.74) is 2.23. The van der Waals surface area contributed by atoms with Gasteiger partial charge in [0, 0.05) is 43.2 Å². The third-order valence-corrected chi connectivity index (χ3v) is 7.60. The average molecular weight is 486 g/mol. The van der Waals surface area contributed by atoms with Gasteiger partial charge >= 0.3 is 0 Å². The first-order valence-electron chi connectivity index (χ1n) is 12.3. The van der Waals surface area contributed by atoms with Crippen LogP contribution in [0.3, 0.4) is 0 Å². The maximum absolute atomic E-state index is 6.13. The summed E-state index contributed by atoms with van der Waals surface area (Å²) in [5.74, 6) is 2.93. The van der Waals surface area contributed by atoms with E-state index in [1.54, 1.807) is 23.2 Å². The zero-order valence-corrected chi connectivity index (χ0v) is 21.1. The number of hydrogen-bond acceptors (Lipinski definition) is 9. The fourth-order valence-electron chi connectivity index (χ4n) is 4.74. The van der Waals surface area contributed by atoms with Crippen LogP contribution < -0.4 is 10.1 Å². The van der Waals surface area contributed by atoms with Crippen LogP contribution in [0.2, 0.25) is 0 Å². The van der Waals surface area contributed by atoms with Gasteiger partial charge in [-0.3, -0.25) is 9.40 Å². The van der Waals surface area contributed by atoms with E-state index >= 15 is 0 Å². The smallest absolute Gasteiger partial charge is 0.243 e. The molecule has 0 radical (unpaired) electrons. The number of H-pyrrole nitrogens is 1. The summed E-state index contributed by atoms with van der Waals surface area (Å²) in [5, 5.41) is 15.1. The van der Waals surface area contributed by atoms with Crippen LogP contribution >= 0.6 is 11.9 Å². The highest BCUT2D eigenvalue weighted by atomic mass is 32.2. The zero-order valence-electron chi connectivity index (χ0n) is 20.3. The molecule has 0 aromatic carbocycles. The van der Waals surface area contributed by atoms with E-state index in [9.17, 15) is 0 Å². The highest BCUT2D eigenvalue weighted by Gasteiger charge is 2.28. The molecule has 2 unspecified atom stereocenters. The topological polar surface area (TPSA) is 99.5 Å². The number of anilines is 1. The largest absolute Gasteiger partial charge is 0.485 e. The molecule has 34 heavy (non-hydrogen) atoms. The Bertz CT molecular complexity index is 1060. The number of ether oxygens (including phenoxy) is 1. The summed E-state index contributed by atoms with van der Waals surface area (Å²) in [6.07, 6.45) is 9.01. The monoisotopic (exact) mass is 485 g/mol. The number of rotatable bonds is 9. The SMILES string of the molecule is CC(C)Oc1c(-c2cn[nH]c2)ncn2nc(NC3CCN(SCCN4CCCC4)CC3C)nc12. The Morgan fingerprint density at radius 2 is 2.12 bits per heavy atom. The summed E-state index contributed by atoms with van der Waals surface area (Å²) in [6, 6.07) is 0.337. The lowest BCUT2D eigenvalue weighted by Gasteiger charge is -2.36. The third-order valence-electron chi connectivity index (χ3n) is 6.53. The van der Waals surface area contributed by atoms with Crippen LogP contribution in [0.25, 0.3) is 16.9 Å². The molecule has 3 aromatic heterocycles. The van der Waals surface area contributed by atoms with Crippen LogP contribution in [-0.2, 0) is 0 Å². The molecule has 0 amide bonds. The Hall–Kier alpha value is -2.37. The molecule has 2 N–H and O–H groups in total. The summed E-state index contributed by atoms with van der Waals surface area (Å²) in [7, 11) is 0. The third kappa shape index (κ3) is 5.31. The summed E-state index contributed by atoms with van der Waals surface area (Å²) >= 11 is 2.00. The molecule has 2 fully saturated rings. The van der Waals surface area contributed by atoms with Gasteiger partial charge in [0.05, 0.1) is 12.3 Å². The average Bonchev–Trinajstić information content (AvgIpc) is 3.57. The molecular formula is C23H35N9OS. The van der Waals surface area contributed by atoms with Gasteiger partial charge in [-0.25, -0.2) is 4.98 Å². The minimum Gasteiger partial charge on any atom is -0.485 e. The quantitative estimate of drug-likeness (QED) is 0.443. The van der Waals surface area contributed by atoms with Crippen LogP contribution in [0.15, 0.2) is 18.7 Å². The second-order valence-electron chi connectivity index (χ2n) is 9.57. The highest BCUT2D eigenvalue weighted by molar-refractivity contribution is 7.97. The molecule has 2 aliphatic heterocycles. The number of likely N-dealkylation sites (tertiary alicyclic amines) is 1. The van der Waals surface area contributed by atoms with Crippen molar-refractivity contribution in [1.29, 1.82) is 0 Å². The van der Waals surface area contributed by atoms with E-state index in [1.807, 2.05) is 25.8 Å². The second kappa shape index (κ2) is 10.5. The number of aromatic amines is 1. The molecular weight excluding hydrogens is 450 g/mol. The lowest BCUT2D eigenvalue weighted by Crippen LogP contribution is -2.43.